The Labute approximate surface area is 380 Å². The van der Waals surface area contributed by atoms with Gasteiger partial charge in [0.25, 0.3) is 6.71 Å². The molecule has 0 radical (unpaired) electrons. The minimum Gasteiger partial charge on any atom is -0.310 e. The van der Waals surface area contributed by atoms with Crippen LogP contribution in [0.5, 0.6) is 0 Å². The van der Waals surface area contributed by atoms with E-state index in [4.69, 9.17) is 0 Å². The third-order valence-corrected chi connectivity index (χ3v) is 21.4. The van der Waals surface area contributed by atoms with E-state index in [1.54, 1.807) is 20.7 Å². The second-order valence-corrected chi connectivity index (χ2v) is 25.7. The van der Waals surface area contributed by atoms with Crippen molar-refractivity contribution in [1.82, 2.24) is 9.13 Å². The van der Waals surface area contributed by atoms with E-state index in [2.05, 4.69) is 195 Å². The van der Waals surface area contributed by atoms with Crippen LogP contribution in [0.1, 0.15) is 152 Å². The summed E-state index contributed by atoms with van der Waals surface area (Å²) >= 11 is 0. The molecule has 316 valence electrons. The first-order valence-corrected chi connectivity index (χ1v) is 26.5. The monoisotopic (exact) mass is 846 g/mol. The lowest BCUT2D eigenvalue weighted by molar-refractivity contribution is 0.867. The molecule has 7 aromatic carbocycles. The molecule has 0 fully saturated rings. The van der Waals surface area contributed by atoms with Crippen molar-refractivity contribution in [2.75, 3.05) is 0 Å². The van der Waals surface area contributed by atoms with Crippen molar-refractivity contribution in [3.05, 3.63) is 137 Å². The third-order valence-electron chi connectivity index (χ3n) is 16.5. The molecule has 0 saturated carbocycles. The molecule has 1 spiro atoms. The largest absolute Gasteiger partial charge is 0.310 e. The predicted octanol–water partition coefficient (Wildman–Crippen LogP) is 11.4. The molecule has 0 bridgehead atoms. The number of rotatable bonds is 6. The first kappa shape index (κ1) is 38.8. The fraction of sp³-hybridized carbons (Fsp3) is 0.300. The normalized spacial score (nSPS) is 14.9. The Kier molecular flexibility index (Phi) is 7.78. The number of hydrogen-bond donors (Lipinski definition) is 0. The Morgan fingerprint density at radius 1 is 0.375 bits per heavy atom. The molecule has 0 unspecified atom stereocenters. The van der Waals surface area contributed by atoms with Crippen molar-refractivity contribution in [1.29, 1.82) is 0 Å². The topological polar surface area (TPSA) is 9.86 Å². The van der Waals surface area contributed by atoms with Gasteiger partial charge in [0.15, 0.2) is 8.07 Å². The first-order chi connectivity index (χ1) is 30.7. The predicted molar refractivity (Wildman–Crippen MR) is 280 cm³/mol. The highest BCUT2D eigenvalue weighted by molar-refractivity contribution is 7.24. The summed E-state index contributed by atoms with van der Waals surface area (Å²) < 4.78 is 5.55. The van der Waals surface area contributed by atoms with Crippen LogP contribution in [0, 0.1) is 0 Å². The molecule has 0 aliphatic carbocycles. The fourth-order valence-corrected chi connectivity index (χ4v) is 18.7. The average Bonchev–Trinajstić information content (AvgIpc) is 3.89. The summed E-state index contributed by atoms with van der Waals surface area (Å²) in [4.78, 5) is 0. The van der Waals surface area contributed by atoms with Gasteiger partial charge in [-0.1, -0.05) is 156 Å². The van der Waals surface area contributed by atoms with Gasteiger partial charge in [-0.15, -0.1) is 0 Å². The summed E-state index contributed by atoms with van der Waals surface area (Å²) in [6.07, 6.45) is 0. The summed E-state index contributed by atoms with van der Waals surface area (Å²) in [5.41, 5.74) is 24.4. The van der Waals surface area contributed by atoms with Crippen LogP contribution < -0.4 is 37.1 Å². The molecule has 6 heterocycles. The lowest BCUT2D eigenvalue weighted by Gasteiger charge is -2.43. The van der Waals surface area contributed by atoms with Gasteiger partial charge >= 0.3 is 0 Å². The summed E-state index contributed by atoms with van der Waals surface area (Å²) in [7, 11) is -2.98. The van der Waals surface area contributed by atoms with E-state index in [9.17, 15) is 0 Å². The summed E-state index contributed by atoms with van der Waals surface area (Å²) in [5.74, 6) is 2.49. The van der Waals surface area contributed by atoms with Crippen LogP contribution in [0.2, 0.25) is 0 Å². The smallest absolute Gasteiger partial charge is 0.252 e. The van der Waals surface area contributed by atoms with Gasteiger partial charge in [-0.3, -0.25) is 0 Å². The van der Waals surface area contributed by atoms with Gasteiger partial charge in [0.1, 0.15) is 0 Å². The van der Waals surface area contributed by atoms with Crippen LogP contribution >= 0.6 is 0 Å². The molecule has 9 aromatic rings. The van der Waals surface area contributed by atoms with Crippen LogP contribution in [-0.4, -0.2) is 23.9 Å². The molecular formula is C60H59BN2Si. The molecule has 2 nitrogen and oxygen atoms in total. The second kappa shape index (κ2) is 12.8. The summed E-state index contributed by atoms with van der Waals surface area (Å²) in [6, 6.07) is 43.6. The maximum absolute atomic E-state index is 2.98. The van der Waals surface area contributed by atoms with E-state index in [1.807, 2.05) is 0 Å². The number of aromatic nitrogens is 2. The SMILES string of the molecule is CC(C)c1ccc2c(c1)[Si]1(c3cc(C(C)C)ccc3-2)c2ccc3c4c2-n2c5c(cc(C(C)C)cc5c5cc(C(C)C)cc1c52)B4c1cc(C(C)C)cc2c4ccc(C(C)C)cc4n-3c12. The zero-order valence-corrected chi connectivity index (χ0v) is 40.8. The molecule has 64 heavy (non-hydrogen) atoms. The van der Waals surface area contributed by atoms with Crippen LogP contribution in [-0.2, 0) is 0 Å². The van der Waals surface area contributed by atoms with Gasteiger partial charge < -0.3 is 9.13 Å². The molecule has 4 aliphatic rings. The molecular weight excluding hydrogens is 788 g/mol. The van der Waals surface area contributed by atoms with Crippen molar-refractivity contribution in [2.24, 2.45) is 0 Å². The Balaban J connectivity index is 1.31. The minimum absolute atomic E-state index is 0.104. The lowest BCUT2D eigenvalue weighted by Crippen LogP contribution is -2.77. The van der Waals surface area contributed by atoms with Gasteiger partial charge in [0.2, 0.25) is 0 Å². The molecule has 0 saturated heterocycles. The summed E-state index contributed by atoms with van der Waals surface area (Å²) in [6.45, 7) is 28.7. The summed E-state index contributed by atoms with van der Waals surface area (Å²) in [5, 5.41) is 12.0. The van der Waals surface area contributed by atoms with E-state index >= 15 is 0 Å². The molecule has 4 heteroatoms. The highest BCUT2D eigenvalue weighted by Crippen LogP contribution is 2.45. The quantitative estimate of drug-likeness (QED) is 0.148. The fourth-order valence-electron chi connectivity index (χ4n) is 13.0. The minimum atomic E-state index is -2.98. The van der Waals surface area contributed by atoms with E-state index < -0.39 is 8.07 Å². The molecule has 2 aromatic heterocycles. The highest BCUT2D eigenvalue weighted by atomic mass is 28.3. The Hall–Kier alpha value is -5.58. The number of nitrogens with zero attached hydrogens (tertiary/aromatic N) is 2. The van der Waals surface area contributed by atoms with Crippen LogP contribution in [0.4, 0.5) is 0 Å². The van der Waals surface area contributed by atoms with Crippen molar-refractivity contribution in [2.45, 2.75) is 119 Å². The molecule has 4 aliphatic heterocycles. The average molecular weight is 847 g/mol. The van der Waals surface area contributed by atoms with E-state index in [0.717, 1.165) is 0 Å². The lowest BCUT2D eigenvalue weighted by atomic mass is 9.34. The number of benzene rings is 7. The van der Waals surface area contributed by atoms with Crippen LogP contribution in [0.3, 0.4) is 0 Å². The van der Waals surface area contributed by atoms with E-state index in [0.29, 0.717) is 35.5 Å². The van der Waals surface area contributed by atoms with Crippen molar-refractivity contribution < 1.29 is 0 Å². The molecule has 0 N–H and O–H groups in total. The zero-order valence-electron chi connectivity index (χ0n) is 39.8. The Morgan fingerprint density at radius 2 is 0.828 bits per heavy atom. The van der Waals surface area contributed by atoms with Gasteiger partial charge in [0, 0.05) is 44.0 Å². The first-order valence-electron chi connectivity index (χ1n) is 24.5. The van der Waals surface area contributed by atoms with Crippen molar-refractivity contribution in [3.8, 4) is 22.5 Å². The number of hydrogen-bond acceptors (Lipinski definition) is 0. The van der Waals surface area contributed by atoms with E-state index in [-0.39, 0.29) is 6.71 Å². The molecule has 0 atom stereocenters. The van der Waals surface area contributed by atoms with Gasteiger partial charge in [0.05, 0.1) is 11.0 Å². The molecule has 13 rings (SSSR count). The van der Waals surface area contributed by atoms with Gasteiger partial charge in [-0.2, -0.15) is 0 Å². The Morgan fingerprint density at radius 3 is 1.38 bits per heavy atom. The Bertz CT molecular complexity index is 3530. The number of fused-ring (bicyclic) bond motifs is 14. The third kappa shape index (κ3) is 4.58. The maximum Gasteiger partial charge on any atom is 0.252 e. The van der Waals surface area contributed by atoms with Gasteiger partial charge in [-0.25, -0.2) is 0 Å². The maximum atomic E-state index is 2.84. The van der Waals surface area contributed by atoms with E-state index in [1.165, 1.54) is 116 Å². The zero-order chi connectivity index (χ0) is 44.2. The molecule has 0 amide bonds. The van der Waals surface area contributed by atoms with Crippen molar-refractivity contribution >= 4 is 95.5 Å². The van der Waals surface area contributed by atoms with Crippen LogP contribution in [0.15, 0.2) is 103 Å². The standard InChI is InChI=1S/C60H59BN2Si/c1-30(2)36-13-16-42-45-21-39(33(7)8)24-48-57(45)62(51(42)26-36)50-19-20-52-60-56(50)61(48)49-25-40(34(9)10)22-46-47-23-41(35(11)12)29-55(59(47)63(60)58(46)49)64(52)53-27-37(31(3)4)14-17-43(53)44-18-15-38(32(5)6)28-54(44)64/h13-35H,1-12H3. The highest BCUT2D eigenvalue weighted by Gasteiger charge is 2.56. The van der Waals surface area contributed by atoms with Crippen LogP contribution in [0.25, 0.3) is 66.1 Å². The van der Waals surface area contributed by atoms with Gasteiger partial charge in [-0.05, 0) is 147 Å². The van der Waals surface area contributed by atoms with Crippen molar-refractivity contribution in [3.63, 3.8) is 0 Å². The second-order valence-electron chi connectivity index (χ2n) is 22.0.